The number of pyridine rings is 1. The third-order valence-electron chi connectivity index (χ3n) is 3.91. The van der Waals surface area contributed by atoms with E-state index in [2.05, 4.69) is 47.8 Å². The molecule has 1 aliphatic rings. The molecule has 120 valence electrons. The molecule has 0 amide bonds. The fourth-order valence-electron chi connectivity index (χ4n) is 2.87. The zero-order chi connectivity index (χ0) is 16.5. The van der Waals surface area contributed by atoms with Gasteiger partial charge in [-0.15, -0.1) is 10.2 Å². The fraction of sp³-hybridized carbons (Fsp3) is 0.176. The van der Waals surface area contributed by atoms with Gasteiger partial charge in [0.2, 0.25) is 0 Å². The lowest BCUT2D eigenvalue weighted by molar-refractivity contribution is 0.810. The minimum atomic E-state index is 0.454. The maximum absolute atomic E-state index is 5.73. The van der Waals surface area contributed by atoms with E-state index < -0.39 is 0 Å². The summed E-state index contributed by atoms with van der Waals surface area (Å²) >= 11 is 3.56. The minimum absolute atomic E-state index is 0.454. The Labute approximate surface area is 147 Å². The monoisotopic (exact) mass is 382 g/mol. The van der Waals surface area contributed by atoms with Gasteiger partial charge in [0.1, 0.15) is 12.4 Å². The van der Waals surface area contributed by atoms with Gasteiger partial charge < -0.3 is 5.73 Å². The van der Waals surface area contributed by atoms with Crippen LogP contribution < -0.4 is 5.73 Å². The van der Waals surface area contributed by atoms with Crippen molar-refractivity contribution in [2.24, 2.45) is 10.7 Å². The van der Waals surface area contributed by atoms with E-state index in [9.17, 15) is 0 Å². The molecule has 3 heterocycles. The molecule has 0 fully saturated rings. The first-order chi connectivity index (χ1) is 11.8. The molecule has 1 aromatic carbocycles. The lowest BCUT2D eigenvalue weighted by Crippen LogP contribution is -2.13. The highest BCUT2D eigenvalue weighted by Crippen LogP contribution is 2.28. The highest BCUT2D eigenvalue weighted by atomic mass is 79.9. The molecule has 6 nitrogen and oxygen atoms in total. The van der Waals surface area contributed by atoms with Crippen molar-refractivity contribution in [3.05, 3.63) is 70.0 Å². The number of nitrogens with zero attached hydrogens (tertiary/aromatic N) is 5. The van der Waals surface area contributed by atoms with E-state index in [0.717, 1.165) is 38.8 Å². The number of benzene rings is 1. The summed E-state index contributed by atoms with van der Waals surface area (Å²) in [7, 11) is 0. The maximum atomic E-state index is 5.73. The van der Waals surface area contributed by atoms with Gasteiger partial charge >= 0.3 is 0 Å². The molecule has 4 rings (SSSR count). The Morgan fingerprint density at radius 1 is 1.17 bits per heavy atom. The number of hydrogen-bond acceptors (Lipinski definition) is 5. The number of aromatic nitrogens is 4. The molecule has 0 spiro atoms. The third-order valence-corrected chi connectivity index (χ3v) is 4.40. The molecule has 0 radical (unpaired) electrons. The van der Waals surface area contributed by atoms with Crippen molar-refractivity contribution in [1.29, 1.82) is 0 Å². The van der Waals surface area contributed by atoms with Gasteiger partial charge in [-0.05, 0) is 36.9 Å². The number of rotatable bonds is 3. The standard InChI is InChI=1S/C17H15BrN6/c18-11-4-5-14-12(9-11)17(13-3-1-2-8-20-13)21-10-16-23-22-15(6-7-19)24(14)16/h1-5,8-9H,6-7,10,19H2. The predicted octanol–water partition coefficient (Wildman–Crippen LogP) is 2.28. The van der Waals surface area contributed by atoms with E-state index in [4.69, 9.17) is 10.7 Å². The maximum Gasteiger partial charge on any atom is 0.159 e. The molecule has 0 saturated heterocycles. The van der Waals surface area contributed by atoms with Gasteiger partial charge in [0.25, 0.3) is 0 Å². The summed E-state index contributed by atoms with van der Waals surface area (Å²) in [5.41, 5.74) is 9.43. The zero-order valence-corrected chi connectivity index (χ0v) is 14.4. The van der Waals surface area contributed by atoms with E-state index in [1.165, 1.54) is 0 Å². The van der Waals surface area contributed by atoms with Gasteiger partial charge in [-0.1, -0.05) is 22.0 Å². The summed E-state index contributed by atoms with van der Waals surface area (Å²) in [6.45, 7) is 0.980. The topological polar surface area (TPSA) is 82.0 Å². The SMILES string of the molecule is NCCc1nnc2n1-c1ccc(Br)cc1C(c1ccccn1)=NC2. The second-order valence-electron chi connectivity index (χ2n) is 5.45. The molecular formula is C17H15BrN6. The van der Waals surface area contributed by atoms with Crippen LogP contribution in [-0.2, 0) is 13.0 Å². The van der Waals surface area contributed by atoms with Crippen molar-refractivity contribution in [3.63, 3.8) is 0 Å². The van der Waals surface area contributed by atoms with Crippen LogP contribution in [0.5, 0.6) is 0 Å². The minimum Gasteiger partial charge on any atom is -0.330 e. The van der Waals surface area contributed by atoms with Crippen LogP contribution in [0.4, 0.5) is 0 Å². The van der Waals surface area contributed by atoms with Crippen LogP contribution in [0.25, 0.3) is 5.69 Å². The van der Waals surface area contributed by atoms with Crippen molar-refractivity contribution >= 4 is 21.6 Å². The normalized spacial score (nSPS) is 13.0. The van der Waals surface area contributed by atoms with Crippen LogP contribution in [0.3, 0.4) is 0 Å². The number of hydrogen-bond donors (Lipinski definition) is 1. The molecule has 3 aromatic rings. The number of halogens is 1. The molecule has 7 heteroatoms. The summed E-state index contributed by atoms with van der Waals surface area (Å²) in [6, 6.07) is 12.0. The summed E-state index contributed by atoms with van der Waals surface area (Å²) in [4.78, 5) is 9.24. The molecular weight excluding hydrogens is 368 g/mol. The van der Waals surface area contributed by atoms with Gasteiger partial charge in [0, 0.05) is 22.7 Å². The van der Waals surface area contributed by atoms with Crippen LogP contribution in [0, 0.1) is 0 Å². The van der Waals surface area contributed by atoms with E-state index >= 15 is 0 Å². The van der Waals surface area contributed by atoms with Crippen molar-refractivity contribution in [2.45, 2.75) is 13.0 Å². The van der Waals surface area contributed by atoms with Gasteiger partial charge in [0.15, 0.2) is 5.82 Å². The Morgan fingerprint density at radius 3 is 2.88 bits per heavy atom. The Balaban J connectivity index is 1.96. The molecule has 0 unspecified atom stereocenters. The molecule has 0 atom stereocenters. The Bertz CT molecular complexity index is 916. The number of nitrogens with two attached hydrogens (primary N) is 1. The second kappa shape index (κ2) is 6.26. The highest BCUT2D eigenvalue weighted by Gasteiger charge is 2.23. The molecule has 24 heavy (non-hydrogen) atoms. The summed E-state index contributed by atoms with van der Waals surface area (Å²) in [5.74, 6) is 1.67. The van der Waals surface area contributed by atoms with Crippen molar-refractivity contribution in [1.82, 2.24) is 19.7 Å². The molecule has 0 aliphatic carbocycles. The Morgan fingerprint density at radius 2 is 2.08 bits per heavy atom. The van der Waals surface area contributed by atoms with Crippen LogP contribution >= 0.6 is 15.9 Å². The lowest BCUT2D eigenvalue weighted by Gasteiger charge is -2.13. The fourth-order valence-corrected chi connectivity index (χ4v) is 3.24. The van der Waals surface area contributed by atoms with Crippen molar-refractivity contribution in [2.75, 3.05) is 6.54 Å². The first-order valence-corrected chi connectivity index (χ1v) is 8.46. The Kier molecular flexibility index (Phi) is 3.95. The smallest absolute Gasteiger partial charge is 0.159 e. The molecule has 2 aromatic heterocycles. The highest BCUT2D eigenvalue weighted by molar-refractivity contribution is 9.10. The second-order valence-corrected chi connectivity index (χ2v) is 6.36. The molecule has 0 bridgehead atoms. The van der Waals surface area contributed by atoms with Crippen LogP contribution in [0.15, 0.2) is 52.1 Å². The average molecular weight is 383 g/mol. The van der Waals surface area contributed by atoms with Crippen molar-refractivity contribution in [3.8, 4) is 5.69 Å². The number of aliphatic imine (C=N–C) groups is 1. The van der Waals surface area contributed by atoms with Gasteiger partial charge in [0.05, 0.1) is 17.1 Å². The average Bonchev–Trinajstić information content (AvgIpc) is 2.92. The molecule has 1 aliphatic heterocycles. The van der Waals surface area contributed by atoms with Gasteiger partial charge in [-0.3, -0.25) is 14.5 Å². The first kappa shape index (κ1) is 15.2. The van der Waals surface area contributed by atoms with E-state index in [-0.39, 0.29) is 0 Å². The van der Waals surface area contributed by atoms with Crippen LogP contribution in [0.1, 0.15) is 22.9 Å². The largest absolute Gasteiger partial charge is 0.330 e. The summed E-state index contributed by atoms with van der Waals surface area (Å²) in [6.07, 6.45) is 2.45. The van der Waals surface area contributed by atoms with Crippen molar-refractivity contribution < 1.29 is 0 Å². The van der Waals surface area contributed by atoms with Gasteiger partial charge in [-0.25, -0.2) is 0 Å². The van der Waals surface area contributed by atoms with Crippen LogP contribution in [0.2, 0.25) is 0 Å². The van der Waals surface area contributed by atoms with Gasteiger partial charge in [-0.2, -0.15) is 0 Å². The quantitative estimate of drug-likeness (QED) is 0.753. The van der Waals surface area contributed by atoms with Crippen LogP contribution in [-0.4, -0.2) is 32.0 Å². The van der Waals surface area contributed by atoms with E-state index in [1.54, 1.807) is 6.20 Å². The summed E-state index contributed by atoms with van der Waals surface area (Å²) in [5, 5.41) is 8.59. The molecule has 0 saturated carbocycles. The molecule has 2 N–H and O–H groups in total. The zero-order valence-electron chi connectivity index (χ0n) is 12.9. The number of fused-ring (bicyclic) bond motifs is 3. The lowest BCUT2D eigenvalue weighted by atomic mass is 10.0. The first-order valence-electron chi connectivity index (χ1n) is 7.67. The Hall–Kier alpha value is -2.38. The summed E-state index contributed by atoms with van der Waals surface area (Å²) < 4.78 is 3.05. The van der Waals surface area contributed by atoms with E-state index in [0.29, 0.717) is 19.5 Å². The van der Waals surface area contributed by atoms with E-state index in [1.807, 2.05) is 24.3 Å². The third kappa shape index (κ3) is 2.55. The predicted molar refractivity (Wildman–Crippen MR) is 95.4 cm³/mol.